The highest BCUT2D eigenvalue weighted by Gasteiger charge is 2.49. The van der Waals surface area contributed by atoms with Crippen LogP contribution >= 0.6 is 0 Å². The van der Waals surface area contributed by atoms with E-state index in [4.69, 9.17) is 5.11 Å². The van der Waals surface area contributed by atoms with E-state index in [9.17, 15) is 18.8 Å². The standard InChI is InChI=1S/C15H14FNO4/c16-10-6-3-7-11(12(10)15(20)21)17-13(18)8-4-1-2-5-9(8)14(17)19/h3,6-9H,1-2,4-5H2,(H,20,21). The summed E-state index contributed by atoms with van der Waals surface area (Å²) in [5.74, 6) is -4.03. The molecule has 0 aromatic heterocycles. The van der Waals surface area contributed by atoms with Crippen molar-refractivity contribution < 1.29 is 23.9 Å². The first-order chi connectivity index (χ1) is 10.0. The number of hydrogen-bond donors (Lipinski definition) is 1. The third kappa shape index (κ3) is 2.02. The minimum atomic E-state index is -1.49. The highest BCUT2D eigenvalue weighted by molar-refractivity contribution is 6.23. The number of hydrogen-bond acceptors (Lipinski definition) is 3. The smallest absolute Gasteiger partial charge is 0.340 e. The summed E-state index contributed by atoms with van der Waals surface area (Å²) in [7, 11) is 0. The molecule has 5 nitrogen and oxygen atoms in total. The summed E-state index contributed by atoms with van der Waals surface area (Å²) in [5.41, 5.74) is -0.787. The zero-order valence-electron chi connectivity index (χ0n) is 11.2. The van der Waals surface area contributed by atoms with Crippen LogP contribution in [-0.2, 0) is 9.59 Å². The van der Waals surface area contributed by atoms with Crippen LogP contribution in [0.1, 0.15) is 36.0 Å². The summed E-state index contributed by atoms with van der Waals surface area (Å²) in [6.07, 6.45) is 3.01. The highest BCUT2D eigenvalue weighted by atomic mass is 19.1. The number of imide groups is 1. The Morgan fingerprint density at radius 2 is 1.71 bits per heavy atom. The number of amides is 2. The molecule has 2 atom stereocenters. The normalized spacial score (nSPS) is 25.1. The summed E-state index contributed by atoms with van der Waals surface area (Å²) < 4.78 is 13.7. The van der Waals surface area contributed by atoms with Crippen LogP contribution in [0.15, 0.2) is 18.2 Å². The first-order valence-electron chi connectivity index (χ1n) is 6.92. The minimum absolute atomic E-state index is 0.160. The van der Waals surface area contributed by atoms with E-state index in [1.54, 1.807) is 0 Å². The van der Waals surface area contributed by atoms with Crippen LogP contribution in [0.5, 0.6) is 0 Å². The van der Waals surface area contributed by atoms with E-state index in [1.165, 1.54) is 12.1 Å². The van der Waals surface area contributed by atoms with Crippen LogP contribution in [0, 0.1) is 17.7 Å². The number of carboxylic acid groups (broad SMARTS) is 1. The number of rotatable bonds is 2. The van der Waals surface area contributed by atoms with Gasteiger partial charge in [-0.1, -0.05) is 18.9 Å². The van der Waals surface area contributed by atoms with Gasteiger partial charge in [-0.2, -0.15) is 0 Å². The fraction of sp³-hybridized carbons (Fsp3) is 0.400. The van der Waals surface area contributed by atoms with Gasteiger partial charge in [-0.3, -0.25) is 9.59 Å². The fourth-order valence-corrected chi connectivity index (χ4v) is 3.31. The Bertz CT molecular complexity index is 619. The first-order valence-corrected chi connectivity index (χ1v) is 6.92. The third-order valence-corrected chi connectivity index (χ3v) is 4.29. The molecule has 2 amide bonds. The lowest BCUT2D eigenvalue weighted by Gasteiger charge is -2.19. The van der Waals surface area contributed by atoms with Crippen molar-refractivity contribution in [3.8, 4) is 0 Å². The van der Waals surface area contributed by atoms with E-state index < -0.39 is 41.0 Å². The summed E-state index contributed by atoms with van der Waals surface area (Å²) in [4.78, 5) is 37.0. The summed E-state index contributed by atoms with van der Waals surface area (Å²) in [6.45, 7) is 0. The van der Waals surface area contributed by atoms with Crippen LogP contribution in [0.4, 0.5) is 10.1 Å². The number of nitrogens with zero attached hydrogens (tertiary/aromatic N) is 1. The molecule has 3 rings (SSSR count). The molecular formula is C15H14FNO4. The Balaban J connectivity index is 2.09. The third-order valence-electron chi connectivity index (χ3n) is 4.29. The molecule has 0 radical (unpaired) electrons. The average molecular weight is 291 g/mol. The first kappa shape index (κ1) is 13.7. The minimum Gasteiger partial charge on any atom is -0.478 e. The second-order valence-electron chi connectivity index (χ2n) is 5.45. The summed E-state index contributed by atoms with van der Waals surface area (Å²) in [6, 6.07) is 3.62. The molecule has 2 unspecified atom stereocenters. The number of aromatic carboxylic acids is 1. The molecule has 1 N–H and O–H groups in total. The Morgan fingerprint density at radius 1 is 1.14 bits per heavy atom. The predicted molar refractivity (Wildman–Crippen MR) is 71.3 cm³/mol. The van der Waals surface area contributed by atoms with Gasteiger partial charge in [0, 0.05) is 0 Å². The maximum absolute atomic E-state index is 13.7. The Morgan fingerprint density at radius 3 is 2.24 bits per heavy atom. The van der Waals surface area contributed by atoms with E-state index in [1.807, 2.05) is 0 Å². The molecule has 6 heteroatoms. The number of carbonyl (C=O) groups is 3. The van der Waals surface area contributed by atoms with Gasteiger partial charge < -0.3 is 5.11 Å². The van der Waals surface area contributed by atoms with Gasteiger partial charge >= 0.3 is 5.97 Å². The Hall–Kier alpha value is -2.24. The summed E-state index contributed by atoms with van der Waals surface area (Å²) >= 11 is 0. The molecule has 1 saturated heterocycles. The van der Waals surface area contributed by atoms with Crippen LogP contribution in [-0.4, -0.2) is 22.9 Å². The van der Waals surface area contributed by atoms with Crippen molar-refractivity contribution in [1.82, 2.24) is 0 Å². The van der Waals surface area contributed by atoms with Gasteiger partial charge in [0.15, 0.2) is 0 Å². The van der Waals surface area contributed by atoms with E-state index in [-0.39, 0.29) is 5.69 Å². The fourth-order valence-electron chi connectivity index (χ4n) is 3.31. The van der Waals surface area contributed by atoms with E-state index in [2.05, 4.69) is 0 Å². The van der Waals surface area contributed by atoms with E-state index >= 15 is 0 Å². The number of carbonyl (C=O) groups excluding carboxylic acids is 2. The monoisotopic (exact) mass is 291 g/mol. The number of anilines is 1. The van der Waals surface area contributed by atoms with E-state index in [0.717, 1.165) is 23.8 Å². The van der Waals surface area contributed by atoms with Gasteiger partial charge in [-0.25, -0.2) is 14.1 Å². The second-order valence-corrected chi connectivity index (χ2v) is 5.45. The largest absolute Gasteiger partial charge is 0.478 e. The molecular weight excluding hydrogens is 277 g/mol. The van der Waals surface area contributed by atoms with Crippen molar-refractivity contribution in [1.29, 1.82) is 0 Å². The second kappa shape index (κ2) is 4.95. The van der Waals surface area contributed by atoms with Crippen molar-refractivity contribution in [2.24, 2.45) is 11.8 Å². The van der Waals surface area contributed by atoms with Crippen molar-refractivity contribution in [3.05, 3.63) is 29.6 Å². The quantitative estimate of drug-likeness (QED) is 0.848. The molecule has 110 valence electrons. The highest BCUT2D eigenvalue weighted by Crippen LogP contribution is 2.41. The molecule has 1 aromatic rings. The van der Waals surface area contributed by atoms with Gasteiger partial charge in [-0.05, 0) is 25.0 Å². The summed E-state index contributed by atoms with van der Waals surface area (Å²) in [5, 5.41) is 9.15. The zero-order valence-corrected chi connectivity index (χ0v) is 11.2. The lowest BCUT2D eigenvalue weighted by molar-refractivity contribution is -0.122. The van der Waals surface area contributed by atoms with Gasteiger partial charge in [0.2, 0.25) is 11.8 Å². The van der Waals surface area contributed by atoms with Crippen LogP contribution in [0.3, 0.4) is 0 Å². The SMILES string of the molecule is O=C(O)c1c(F)cccc1N1C(=O)C2CCCCC2C1=O. The van der Waals surface area contributed by atoms with Crippen molar-refractivity contribution >= 4 is 23.5 Å². The Kier molecular flexibility index (Phi) is 3.23. The average Bonchev–Trinajstić information content (AvgIpc) is 2.71. The molecule has 21 heavy (non-hydrogen) atoms. The van der Waals surface area contributed by atoms with Gasteiger partial charge in [0.1, 0.15) is 11.4 Å². The van der Waals surface area contributed by atoms with E-state index in [0.29, 0.717) is 12.8 Å². The molecule has 1 aliphatic heterocycles. The molecule has 0 spiro atoms. The molecule has 0 bridgehead atoms. The lowest BCUT2D eigenvalue weighted by Crippen LogP contribution is -2.32. The van der Waals surface area contributed by atoms with Crippen molar-refractivity contribution in [2.75, 3.05) is 4.90 Å². The number of fused-ring (bicyclic) bond motifs is 1. The Labute approximate surface area is 120 Å². The topological polar surface area (TPSA) is 74.7 Å². The maximum atomic E-state index is 13.7. The zero-order chi connectivity index (χ0) is 15.1. The molecule has 1 aliphatic carbocycles. The van der Waals surface area contributed by atoms with Crippen LogP contribution in [0.2, 0.25) is 0 Å². The number of halogens is 1. The van der Waals surface area contributed by atoms with Crippen LogP contribution in [0.25, 0.3) is 0 Å². The van der Waals surface area contributed by atoms with Gasteiger partial charge in [-0.15, -0.1) is 0 Å². The predicted octanol–water partition coefficient (Wildman–Crippen LogP) is 2.20. The molecule has 1 saturated carbocycles. The maximum Gasteiger partial charge on any atom is 0.340 e. The van der Waals surface area contributed by atoms with Crippen LogP contribution < -0.4 is 4.90 Å². The molecule has 2 fully saturated rings. The molecule has 2 aliphatic rings. The number of benzene rings is 1. The van der Waals surface area contributed by atoms with Crippen molar-refractivity contribution in [3.63, 3.8) is 0 Å². The molecule has 1 aromatic carbocycles. The van der Waals surface area contributed by atoms with Crippen molar-refractivity contribution in [2.45, 2.75) is 25.7 Å². The van der Waals surface area contributed by atoms with Gasteiger partial charge in [0.05, 0.1) is 17.5 Å². The van der Waals surface area contributed by atoms with Gasteiger partial charge in [0.25, 0.3) is 0 Å². The molecule has 1 heterocycles. The number of carboxylic acids is 1. The lowest BCUT2D eigenvalue weighted by atomic mass is 9.81.